The number of hydrogen-bond donors (Lipinski definition) is 0. The van der Waals surface area contributed by atoms with Crippen LogP contribution in [-0.4, -0.2) is 45.7 Å². The van der Waals surface area contributed by atoms with Crippen LogP contribution in [0.5, 0.6) is 0 Å². The van der Waals surface area contributed by atoms with Gasteiger partial charge in [-0.15, -0.1) is 10.2 Å². The quantitative estimate of drug-likeness (QED) is 0.564. The molecule has 1 aliphatic rings. The smallest absolute Gasteiger partial charge is 0.316 e. The lowest BCUT2D eigenvalue weighted by Crippen LogP contribution is -2.22. The molecule has 1 fully saturated rings. The summed E-state index contributed by atoms with van der Waals surface area (Å²) in [6.07, 6.45) is 2.16. The third-order valence-electron chi connectivity index (χ3n) is 3.76. The van der Waals surface area contributed by atoms with Crippen molar-refractivity contribution in [3.05, 3.63) is 29.3 Å². The van der Waals surface area contributed by atoms with Gasteiger partial charge in [0.15, 0.2) is 5.16 Å². The lowest BCUT2D eigenvalue weighted by atomic mass is 10.3. The molecule has 0 spiro atoms. The molecule has 2 aromatic rings. The fourth-order valence-electron chi connectivity index (χ4n) is 2.74. The molecule has 0 radical (unpaired) electrons. The first-order chi connectivity index (χ1) is 12.0. The molecular weight excluding hydrogens is 360 g/mol. The van der Waals surface area contributed by atoms with Gasteiger partial charge in [-0.25, -0.2) is 0 Å². The Morgan fingerprint density at radius 2 is 2.08 bits per heavy atom. The molecule has 1 aromatic carbocycles. The molecule has 3 rings (SSSR count). The van der Waals surface area contributed by atoms with Crippen molar-refractivity contribution in [3.63, 3.8) is 0 Å². The lowest BCUT2D eigenvalue weighted by Gasteiger charge is -2.18. The normalized spacial score (nSPS) is 14.3. The van der Waals surface area contributed by atoms with E-state index in [9.17, 15) is 4.79 Å². The molecule has 1 aromatic heterocycles. The van der Waals surface area contributed by atoms with Gasteiger partial charge in [0.1, 0.15) is 0 Å². The number of carbonyl (C=O) groups excluding carboxylic acids is 1. The molecule has 6 nitrogen and oxygen atoms in total. The molecule has 0 aliphatic carbocycles. The highest BCUT2D eigenvalue weighted by molar-refractivity contribution is 7.99. The summed E-state index contributed by atoms with van der Waals surface area (Å²) in [5.74, 6) is 0.722. The van der Waals surface area contributed by atoms with Gasteiger partial charge in [0, 0.05) is 18.1 Å². The van der Waals surface area contributed by atoms with Crippen molar-refractivity contribution in [1.82, 2.24) is 14.8 Å². The van der Waals surface area contributed by atoms with E-state index < -0.39 is 0 Å². The van der Waals surface area contributed by atoms with E-state index in [0.29, 0.717) is 10.2 Å². The van der Waals surface area contributed by atoms with Crippen molar-refractivity contribution in [2.24, 2.45) is 0 Å². The number of anilines is 1. The van der Waals surface area contributed by atoms with Gasteiger partial charge in [-0.3, -0.25) is 9.36 Å². The van der Waals surface area contributed by atoms with Crippen LogP contribution in [-0.2, 0) is 9.53 Å². The molecule has 1 aliphatic heterocycles. The van der Waals surface area contributed by atoms with E-state index in [0.717, 1.165) is 37.6 Å². The van der Waals surface area contributed by atoms with Crippen molar-refractivity contribution in [1.29, 1.82) is 0 Å². The van der Waals surface area contributed by atoms with E-state index in [4.69, 9.17) is 16.3 Å². The second-order valence-electron chi connectivity index (χ2n) is 6.12. The molecule has 134 valence electrons. The molecule has 0 saturated carbocycles. The lowest BCUT2D eigenvalue weighted by molar-refractivity contribution is -0.144. The Morgan fingerprint density at radius 3 is 2.76 bits per heavy atom. The van der Waals surface area contributed by atoms with Crippen LogP contribution in [0.25, 0.3) is 5.69 Å². The molecule has 8 heteroatoms. The maximum atomic E-state index is 11.9. The van der Waals surface area contributed by atoms with Crippen molar-refractivity contribution in [2.45, 2.75) is 37.9 Å². The number of halogens is 1. The second kappa shape index (κ2) is 8.10. The highest BCUT2D eigenvalue weighted by Crippen LogP contribution is 2.29. The van der Waals surface area contributed by atoms with Gasteiger partial charge in [-0.05, 0) is 44.9 Å². The Hall–Kier alpha value is -1.73. The van der Waals surface area contributed by atoms with Gasteiger partial charge in [-0.1, -0.05) is 29.4 Å². The Bertz CT molecular complexity index is 744. The molecule has 25 heavy (non-hydrogen) atoms. The van der Waals surface area contributed by atoms with Gasteiger partial charge in [0.25, 0.3) is 0 Å². The number of hydrogen-bond acceptors (Lipinski definition) is 6. The summed E-state index contributed by atoms with van der Waals surface area (Å²) < 4.78 is 7.16. The van der Waals surface area contributed by atoms with Gasteiger partial charge < -0.3 is 9.64 Å². The minimum Gasteiger partial charge on any atom is -0.462 e. The number of aromatic nitrogens is 3. The summed E-state index contributed by atoms with van der Waals surface area (Å²) in [5, 5.41) is 9.97. The van der Waals surface area contributed by atoms with Crippen LogP contribution in [0, 0.1) is 0 Å². The Morgan fingerprint density at radius 1 is 1.32 bits per heavy atom. The largest absolute Gasteiger partial charge is 0.462 e. The molecule has 2 heterocycles. The number of nitrogens with zero attached hydrogens (tertiary/aromatic N) is 4. The number of ether oxygens (including phenoxy) is 1. The summed E-state index contributed by atoms with van der Waals surface area (Å²) in [6, 6.07) is 7.57. The summed E-state index contributed by atoms with van der Waals surface area (Å²) >= 11 is 7.48. The Kier molecular flexibility index (Phi) is 5.86. The molecular formula is C17H21ClN4O2S. The fraction of sp³-hybridized carbons (Fsp3) is 0.471. The van der Waals surface area contributed by atoms with E-state index in [2.05, 4.69) is 15.1 Å². The highest BCUT2D eigenvalue weighted by Gasteiger charge is 2.23. The standard InChI is InChI=1S/C17H21ClN4O2S/c1-12(2)24-15(23)11-25-17-20-19-16(21-8-3-4-9-21)22(17)14-7-5-6-13(18)10-14/h5-7,10,12H,3-4,8-9,11H2,1-2H3. The van der Waals surface area contributed by atoms with E-state index in [1.165, 1.54) is 11.8 Å². The minimum atomic E-state index is -0.261. The summed E-state index contributed by atoms with van der Waals surface area (Å²) in [4.78, 5) is 14.1. The average molecular weight is 381 g/mol. The first-order valence-corrected chi connectivity index (χ1v) is 9.69. The Balaban J connectivity index is 1.88. The zero-order valence-corrected chi connectivity index (χ0v) is 15.9. The van der Waals surface area contributed by atoms with Crippen LogP contribution >= 0.6 is 23.4 Å². The van der Waals surface area contributed by atoms with Gasteiger partial charge in [0.2, 0.25) is 5.95 Å². The van der Waals surface area contributed by atoms with E-state index in [-0.39, 0.29) is 17.8 Å². The van der Waals surface area contributed by atoms with Crippen LogP contribution in [0.1, 0.15) is 26.7 Å². The number of carbonyl (C=O) groups is 1. The van der Waals surface area contributed by atoms with Gasteiger partial charge in [-0.2, -0.15) is 0 Å². The fourth-order valence-corrected chi connectivity index (χ4v) is 3.65. The van der Waals surface area contributed by atoms with Crippen molar-refractivity contribution in [2.75, 3.05) is 23.7 Å². The van der Waals surface area contributed by atoms with Crippen LogP contribution in [0.3, 0.4) is 0 Å². The summed E-state index contributed by atoms with van der Waals surface area (Å²) in [6.45, 7) is 5.59. The molecule has 0 bridgehead atoms. The van der Waals surface area contributed by atoms with Crippen LogP contribution in [0.15, 0.2) is 29.4 Å². The van der Waals surface area contributed by atoms with E-state index in [1.807, 2.05) is 42.7 Å². The molecule has 1 saturated heterocycles. The maximum Gasteiger partial charge on any atom is 0.316 e. The third-order valence-corrected chi connectivity index (χ3v) is 4.90. The van der Waals surface area contributed by atoms with Crippen LogP contribution < -0.4 is 4.90 Å². The van der Waals surface area contributed by atoms with E-state index in [1.54, 1.807) is 0 Å². The predicted octanol–water partition coefficient (Wildman–Crippen LogP) is 3.56. The first kappa shape index (κ1) is 18.1. The number of thioether (sulfide) groups is 1. The van der Waals surface area contributed by atoms with Crippen molar-refractivity contribution >= 4 is 35.3 Å². The number of benzene rings is 1. The molecule has 0 N–H and O–H groups in total. The zero-order chi connectivity index (χ0) is 17.8. The van der Waals surface area contributed by atoms with Crippen molar-refractivity contribution < 1.29 is 9.53 Å². The first-order valence-electron chi connectivity index (χ1n) is 8.33. The van der Waals surface area contributed by atoms with Gasteiger partial charge >= 0.3 is 5.97 Å². The third kappa shape index (κ3) is 4.46. The molecule has 0 unspecified atom stereocenters. The monoisotopic (exact) mass is 380 g/mol. The van der Waals surface area contributed by atoms with Crippen molar-refractivity contribution in [3.8, 4) is 5.69 Å². The van der Waals surface area contributed by atoms with Crippen LogP contribution in [0.2, 0.25) is 5.02 Å². The molecule has 0 atom stereocenters. The van der Waals surface area contributed by atoms with Crippen LogP contribution in [0.4, 0.5) is 5.95 Å². The second-order valence-corrected chi connectivity index (χ2v) is 7.50. The predicted molar refractivity (Wildman–Crippen MR) is 99.8 cm³/mol. The summed E-state index contributed by atoms with van der Waals surface area (Å²) in [7, 11) is 0. The topological polar surface area (TPSA) is 60.2 Å². The minimum absolute atomic E-state index is 0.126. The number of rotatable bonds is 6. The van der Waals surface area contributed by atoms with E-state index >= 15 is 0 Å². The zero-order valence-electron chi connectivity index (χ0n) is 14.3. The maximum absolute atomic E-state index is 11.9. The van der Waals surface area contributed by atoms with Gasteiger partial charge in [0.05, 0.1) is 17.5 Å². The summed E-state index contributed by atoms with van der Waals surface area (Å²) in [5.41, 5.74) is 0.888. The molecule has 0 amide bonds. The number of esters is 1. The Labute approximate surface area is 156 Å². The average Bonchev–Trinajstić information content (AvgIpc) is 3.21. The SMILES string of the molecule is CC(C)OC(=O)CSc1nnc(N2CCCC2)n1-c1cccc(Cl)c1. The highest BCUT2D eigenvalue weighted by atomic mass is 35.5.